The molecule has 1 aliphatic carbocycles. The molecule has 1 aromatic heterocycles. The van der Waals surface area contributed by atoms with Crippen LogP contribution in [0.4, 0.5) is 0 Å². The molecule has 1 saturated carbocycles. The molecule has 134 valence electrons. The fourth-order valence-electron chi connectivity index (χ4n) is 3.56. The molecule has 2 heterocycles. The molecule has 0 radical (unpaired) electrons. The summed E-state index contributed by atoms with van der Waals surface area (Å²) in [5.41, 5.74) is 0.851. The number of hydrogen-bond acceptors (Lipinski definition) is 4. The lowest BCUT2D eigenvalue weighted by Crippen LogP contribution is -2.46. The summed E-state index contributed by atoms with van der Waals surface area (Å²) >= 11 is 0. The molecular weight excluding hydrogens is 302 g/mol. The number of amides is 1. The monoisotopic (exact) mass is 333 g/mol. The van der Waals surface area contributed by atoms with Crippen molar-refractivity contribution in [2.75, 3.05) is 26.2 Å². The maximum Gasteiger partial charge on any atom is 0.292 e. The van der Waals surface area contributed by atoms with Crippen molar-refractivity contribution in [2.45, 2.75) is 58.9 Å². The first kappa shape index (κ1) is 17.5. The fraction of sp³-hybridized carbons (Fsp3) is 0.789. The Labute approximate surface area is 145 Å². The van der Waals surface area contributed by atoms with Gasteiger partial charge < -0.3 is 9.42 Å². The average Bonchev–Trinajstić information content (AvgIpc) is 3.25. The van der Waals surface area contributed by atoms with Gasteiger partial charge in [-0.2, -0.15) is 0 Å². The second-order valence-corrected chi connectivity index (χ2v) is 8.13. The maximum absolute atomic E-state index is 12.9. The number of carbonyl (C=O) groups excluding carboxylic acids is 1. The molecule has 24 heavy (non-hydrogen) atoms. The Morgan fingerprint density at radius 1 is 1.29 bits per heavy atom. The van der Waals surface area contributed by atoms with E-state index in [4.69, 9.17) is 4.52 Å². The van der Waals surface area contributed by atoms with Crippen molar-refractivity contribution in [1.29, 1.82) is 0 Å². The zero-order valence-electron chi connectivity index (χ0n) is 15.5. The predicted octanol–water partition coefficient (Wildman–Crippen LogP) is 3.38. The van der Waals surface area contributed by atoms with Gasteiger partial charge >= 0.3 is 0 Å². The number of rotatable bonds is 5. The lowest BCUT2D eigenvalue weighted by atomic mass is 10.0. The highest BCUT2D eigenvalue weighted by molar-refractivity contribution is 5.91. The highest BCUT2D eigenvalue weighted by Gasteiger charge is 2.34. The minimum atomic E-state index is -0.00618. The van der Waals surface area contributed by atoms with Crippen molar-refractivity contribution in [3.05, 3.63) is 17.5 Å². The van der Waals surface area contributed by atoms with Crippen molar-refractivity contribution < 1.29 is 9.32 Å². The molecule has 0 aromatic carbocycles. The first-order valence-corrected chi connectivity index (χ1v) is 9.45. The summed E-state index contributed by atoms with van der Waals surface area (Å²) in [6, 6.07) is 2.24. The van der Waals surface area contributed by atoms with Gasteiger partial charge in [0.25, 0.3) is 5.91 Å². The molecule has 3 rings (SSSR count). The van der Waals surface area contributed by atoms with Gasteiger partial charge in [-0.15, -0.1) is 0 Å². The van der Waals surface area contributed by atoms with Gasteiger partial charge in [0.05, 0.1) is 5.69 Å². The van der Waals surface area contributed by atoms with Gasteiger partial charge in [0.2, 0.25) is 5.76 Å². The number of aromatic nitrogens is 1. The summed E-state index contributed by atoms with van der Waals surface area (Å²) < 4.78 is 5.32. The maximum atomic E-state index is 12.9. The zero-order chi connectivity index (χ0) is 17.3. The van der Waals surface area contributed by atoms with E-state index >= 15 is 0 Å². The molecule has 1 aromatic rings. The molecule has 0 N–H and O–H groups in total. The second-order valence-electron chi connectivity index (χ2n) is 8.13. The van der Waals surface area contributed by atoms with Gasteiger partial charge in [-0.3, -0.25) is 9.69 Å². The van der Waals surface area contributed by atoms with Crippen LogP contribution in [-0.4, -0.2) is 53.1 Å². The molecular formula is C19H31N3O2. The lowest BCUT2D eigenvalue weighted by Gasteiger charge is -2.34. The highest BCUT2D eigenvalue weighted by Crippen LogP contribution is 2.32. The quantitative estimate of drug-likeness (QED) is 0.829. The molecule has 1 aliphatic heterocycles. The summed E-state index contributed by atoms with van der Waals surface area (Å²) in [7, 11) is 0. The predicted molar refractivity (Wildman–Crippen MR) is 94.0 cm³/mol. The van der Waals surface area contributed by atoms with E-state index in [1.807, 2.05) is 11.0 Å². The Hall–Kier alpha value is -1.36. The van der Waals surface area contributed by atoms with Crippen LogP contribution in [-0.2, 0) is 0 Å². The van der Waals surface area contributed by atoms with Crippen molar-refractivity contribution >= 4 is 5.91 Å². The van der Waals surface area contributed by atoms with Crippen LogP contribution in [0, 0.1) is 11.8 Å². The van der Waals surface area contributed by atoms with Crippen molar-refractivity contribution in [3.63, 3.8) is 0 Å². The average molecular weight is 333 g/mol. The highest BCUT2D eigenvalue weighted by atomic mass is 16.5. The Morgan fingerprint density at radius 2 is 2.04 bits per heavy atom. The van der Waals surface area contributed by atoms with Crippen LogP contribution in [0.25, 0.3) is 0 Å². The van der Waals surface area contributed by atoms with Crippen LogP contribution in [0.1, 0.15) is 69.1 Å². The van der Waals surface area contributed by atoms with Crippen LogP contribution in [0.3, 0.4) is 0 Å². The summed E-state index contributed by atoms with van der Waals surface area (Å²) in [5, 5.41) is 4.04. The van der Waals surface area contributed by atoms with Crippen molar-refractivity contribution in [3.8, 4) is 0 Å². The van der Waals surface area contributed by atoms with Crippen LogP contribution in [0.2, 0.25) is 0 Å². The Kier molecular flexibility index (Phi) is 5.28. The third-order valence-electron chi connectivity index (χ3n) is 5.33. The Bertz CT molecular complexity index is 563. The normalized spacial score (nSPS) is 23.1. The van der Waals surface area contributed by atoms with Gasteiger partial charge in [0.1, 0.15) is 0 Å². The van der Waals surface area contributed by atoms with E-state index in [0.29, 0.717) is 17.7 Å². The van der Waals surface area contributed by atoms with E-state index in [9.17, 15) is 4.79 Å². The second kappa shape index (κ2) is 7.26. The molecule has 1 saturated heterocycles. The first-order chi connectivity index (χ1) is 11.5. The molecule has 5 heteroatoms. The Morgan fingerprint density at radius 3 is 2.62 bits per heavy atom. The van der Waals surface area contributed by atoms with Gasteiger partial charge in [-0.05, 0) is 37.0 Å². The molecule has 1 atom stereocenters. The molecule has 2 fully saturated rings. The van der Waals surface area contributed by atoms with E-state index < -0.39 is 0 Å². The number of carbonyl (C=O) groups is 1. The molecule has 1 amide bonds. The number of nitrogens with zero attached hydrogens (tertiary/aromatic N) is 3. The molecule has 0 spiro atoms. The van der Waals surface area contributed by atoms with E-state index in [1.165, 1.54) is 19.4 Å². The summed E-state index contributed by atoms with van der Waals surface area (Å²) in [4.78, 5) is 17.5. The zero-order valence-corrected chi connectivity index (χ0v) is 15.5. The minimum Gasteiger partial charge on any atom is -0.351 e. The molecule has 0 bridgehead atoms. The minimum absolute atomic E-state index is 0.00618. The van der Waals surface area contributed by atoms with Crippen LogP contribution >= 0.6 is 0 Å². The summed E-state index contributed by atoms with van der Waals surface area (Å²) in [6.07, 6.45) is 3.78. The van der Waals surface area contributed by atoms with Crippen molar-refractivity contribution in [1.82, 2.24) is 15.0 Å². The van der Waals surface area contributed by atoms with Gasteiger partial charge in [0, 0.05) is 38.3 Å². The first-order valence-electron chi connectivity index (χ1n) is 9.45. The topological polar surface area (TPSA) is 49.6 Å². The largest absolute Gasteiger partial charge is 0.351 e. The van der Waals surface area contributed by atoms with Crippen molar-refractivity contribution in [2.24, 2.45) is 11.8 Å². The number of hydrogen-bond donors (Lipinski definition) is 0. The van der Waals surface area contributed by atoms with E-state index in [0.717, 1.165) is 37.7 Å². The van der Waals surface area contributed by atoms with E-state index in [2.05, 4.69) is 37.8 Å². The third kappa shape index (κ3) is 4.00. The Balaban J connectivity index is 1.71. The van der Waals surface area contributed by atoms with Crippen LogP contribution < -0.4 is 0 Å². The third-order valence-corrected chi connectivity index (χ3v) is 5.33. The van der Waals surface area contributed by atoms with E-state index in [1.54, 1.807) is 0 Å². The smallest absolute Gasteiger partial charge is 0.292 e. The van der Waals surface area contributed by atoms with Gasteiger partial charge in [-0.25, -0.2) is 0 Å². The van der Waals surface area contributed by atoms with Gasteiger partial charge in [0.15, 0.2) is 0 Å². The molecule has 5 nitrogen and oxygen atoms in total. The molecule has 1 unspecified atom stereocenters. The fourth-order valence-corrected chi connectivity index (χ4v) is 3.56. The van der Waals surface area contributed by atoms with Crippen LogP contribution in [0.15, 0.2) is 10.6 Å². The summed E-state index contributed by atoms with van der Waals surface area (Å²) in [5.74, 6) is 2.08. The standard InChI is InChI=1S/C19H31N3O2/c1-13(2)16-10-18(24-20-16)19(23)22-9-5-8-21(11-15-6-7-15)17(12-22)14(3)4/h10,13-15,17H,5-9,11-12H2,1-4H3. The van der Waals surface area contributed by atoms with Gasteiger partial charge in [-0.1, -0.05) is 32.9 Å². The van der Waals surface area contributed by atoms with E-state index in [-0.39, 0.29) is 11.8 Å². The lowest BCUT2D eigenvalue weighted by molar-refractivity contribution is 0.0664. The van der Waals surface area contributed by atoms with Crippen LogP contribution in [0.5, 0.6) is 0 Å². The molecule has 2 aliphatic rings. The SMILES string of the molecule is CC(C)c1cc(C(=O)N2CCCN(CC3CC3)C(C(C)C)C2)on1. The summed E-state index contributed by atoms with van der Waals surface area (Å²) in [6.45, 7) is 12.5.